The molecule has 0 bridgehead atoms. The summed E-state index contributed by atoms with van der Waals surface area (Å²) in [5.41, 5.74) is -0.184. The molecule has 3 nitrogen and oxygen atoms in total. The van der Waals surface area contributed by atoms with E-state index in [9.17, 15) is 23.1 Å². The second kappa shape index (κ2) is 7.54. The maximum atomic E-state index is 12.4. The molecule has 0 aliphatic carbocycles. The van der Waals surface area contributed by atoms with Crippen molar-refractivity contribution in [2.75, 3.05) is 12.0 Å². The number of carbonyl (C=O) groups is 1. The SMILES string of the molecule is CSCCC(O)C(=O)NCc1ccc(C(F)(F)F)cc1. The van der Waals surface area contributed by atoms with Crippen LogP contribution in [0.3, 0.4) is 0 Å². The van der Waals surface area contributed by atoms with Gasteiger partial charge in [0.15, 0.2) is 0 Å². The highest BCUT2D eigenvalue weighted by Crippen LogP contribution is 2.28. The lowest BCUT2D eigenvalue weighted by molar-refractivity contribution is -0.137. The van der Waals surface area contributed by atoms with E-state index in [1.165, 1.54) is 23.9 Å². The molecule has 0 aliphatic rings. The number of rotatable bonds is 6. The first kappa shape index (κ1) is 16.8. The molecule has 1 atom stereocenters. The maximum Gasteiger partial charge on any atom is 0.416 e. The van der Waals surface area contributed by atoms with Crippen molar-refractivity contribution in [2.45, 2.75) is 25.2 Å². The van der Waals surface area contributed by atoms with Crippen LogP contribution in [0, 0.1) is 0 Å². The van der Waals surface area contributed by atoms with E-state index < -0.39 is 23.8 Å². The molecule has 0 spiro atoms. The topological polar surface area (TPSA) is 49.3 Å². The van der Waals surface area contributed by atoms with E-state index in [2.05, 4.69) is 5.32 Å². The molecule has 1 aromatic rings. The van der Waals surface area contributed by atoms with E-state index in [-0.39, 0.29) is 6.54 Å². The highest BCUT2D eigenvalue weighted by atomic mass is 32.2. The van der Waals surface area contributed by atoms with Crippen molar-refractivity contribution in [1.82, 2.24) is 5.32 Å². The lowest BCUT2D eigenvalue weighted by Gasteiger charge is -2.11. The number of hydrogen-bond donors (Lipinski definition) is 2. The van der Waals surface area contributed by atoms with Crippen molar-refractivity contribution in [3.05, 3.63) is 35.4 Å². The van der Waals surface area contributed by atoms with Crippen molar-refractivity contribution in [3.63, 3.8) is 0 Å². The summed E-state index contributed by atoms with van der Waals surface area (Å²) < 4.78 is 37.1. The van der Waals surface area contributed by atoms with E-state index in [4.69, 9.17) is 0 Å². The summed E-state index contributed by atoms with van der Waals surface area (Å²) in [5.74, 6) is 0.147. The number of benzene rings is 1. The summed E-state index contributed by atoms with van der Waals surface area (Å²) in [6, 6.07) is 4.53. The van der Waals surface area contributed by atoms with Crippen LogP contribution in [0.25, 0.3) is 0 Å². The Kier molecular flexibility index (Phi) is 6.35. The third-order valence-electron chi connectivity index (χ3n) is 2.65. The predicted molar refractivity (Wildman–Crippen MR) is 72.3 cm³/mol. The van der Waals surface area contributed by atoms with Gasteiger partial charge in [0, 0.05) is 6.54 Å². The van der Waals surface area contributed by atoms with E-state index in [1.807, 2.05) is 6.26 Å². The van der Waals surface area contributed by atoms with Crippen molar-refractivity contribution in [1.29, 1.82) is 0 Å². The number of halogens is 3. The molecule has 0 radical (unpaired) electrons. The summed E-state index contributed by atoms with van der Waals surface area (Å²) in [6.45, 7) is 0.0906. The van der Waals surface area contributed by atoms with Gasteiger partial charge in [0.1, 0.15) is 6.10 Å². The molecule has 0 saturated heterocycles. The van der Waals surface area contributed by atoms with Gasteiger partial charge in [0.2, 0.25) is 5.91 Å². The molecule has 1 unspecified atom stereocenters. The number of amides is 1. The first-order valence-corrected chi connectivity index (χ1v) is 7.35. The average Bonchev–Trinajstić information content (AvgIpc) is 2.41. The Morgan fingerprint density at radius 2 is 1.95 bits per heavy atom. The highest BCUT2D eigenvalue weighted by Gasteiger charge is 2.29. The average molecular weight is 307 g/mol. The number of carbonyl (C=O) groups excluding carboxylic acids is 1. The number of nitrogens with one attached hydrogen (secondary N) is 1. The predicted octanol–water partition coefficient (Wildman–Crippen LogP) is 2.44. The normalized spacial score (nSPS) is 13.1. The van der Waals surface area contributed by atoms with Gasteiger partial charge in [-0.1, -0.05) is 12.1 Å². The van der Waals surface area contributed by atoms with E-state index in [1.54, 1.807) is 0 Å². The van der Waals surface area contributed by atoms with Gasteiger partial charge < -0.3 is 10.4 Å². The fourth-order valence-electron chi connectivity index (χ4n) is 1.48. The summed E-state index contributed by atoms with van der Waals surface area (Å²) in [4.78, 5) is 11.5. The number of alkyl halides is 3. The Morgan fingerprint density at radius 1 is 1.35 bits per heavy atom. The van der Waals surface area contributed by atoms with Crippen molar-refractivity contribution in [2.24, 2.45) is 0 Å². The third kappa shape index (κ3) is 5.42. The molecule has 7 heteroatoms. The molecular formula is C13H16F3NO2S. The minimum Gasteiger partial charge on any atom is -0.383 e. The molecule has 112 valence electrons. The summed E-state index contributed by atoms with van der Waals surface area (Å²) >= 11 is 1.52. The van der Waals surface area contributed by atoms with Crippen LogP contribution < -0.4 is 5.32 Å². The molecular weight excluding hydrogens is 291 g/mol. The minimum atomic E-state index is -4.37. The van der Waals surface area contributed by atoms with Gasteiger partial charge in [0.25, 0.3) is 0 Å². The number of aliphatic hydroxyl groups excluding tert-OH is 1. The van der Waals surface area contributed by atoms with Crippen LogP contribution in [0.4, 0.5) is 13.2 Å². The zero-order chi connectivity index (χ0) is 15.2. The van der Waals surface area contributed by atoms with Crippen molar-refractivity contribution >= 4 is 17.7 Å². The molecule has 0 aliphatic heterocycles. The monoisotopic (exact) mass is 307 g/mol. The first-order chi connectivity index (χ1) is 9.34. The van der Waals surface area contributed by atoms with Crippen molar-refractivity contribution < 1.29 is 23.1 Å². The molecule has 2 N–H and O–H groups in total. The molecule has 1 amide bonds. The highest BCUT2D eigenvalue weighted by molar-refractivity contribution is 7.98. The van der Waals surface area contributed by atoms with Gasteiger partial charge in [0.05, 0.1) is 5.56 Å². The summed E-state index contributed by atoms with van der Waals surface area (Å²) in [5, 5.41) is 12.0. The van der Waals surface area contributed by atoms with Crippen LogP contribution >= 0.6 is 11.8 Å². The Bertz CT molecular complexity index is 434. The van der Waals surface area contributed by atoms with Crippen LogP contribution in [-0.2, 0) is 17.5 Å². The van der Waals surface area contributed by atoms with Gasteiger partial charge in [-0.05, 0) is 36.1 Å². The quantitative estimate of drug-likeness (QED) is 0.848. The Hall–Kier alpha value is -1.21. The fraction of sp³-hybridized carbons (Fsp3) is 0.462. The summed E-state index contributed by atoms with van der Waals surface area (Å²) in [7, 11) is 0. The lowest BCUT2D eigenvalue weighted by Crippen LogP contribution is -2.34. The van der Waals surface area contributed by atoms with Gasteiger partial charge in [-0.2, -0.15) is 24.9 Å². The standard InChI is InChI=1S/C13H16F3NO2S/c1-20-7-6-11(18)12(19)17-8-9-2-4-10(5-3-9)13(14,15)16/h2-5,11,18H,6-8H2,1H3,(H,17,19). The number of thioether (sulfide) groups is 1. The molecule has 0 saturated carbocycles. The molecule has 0 aromatic heterocycles. The summed E-state index contributed by atoms with van der Waals surface area (Å²) in [6.07, 6.45) is -3.24. The molecule has 20 heavy (non-hydrogen) atoms. The fourth-order valence-corrected chi connectivity index (χ4v) is 1.94. The Labute approximate surface area is 119 Å². The largest absolute Gasteiger partial charge is 0.416 e. The Balaban J connectivity index is 2.48. The maximum absolute atomic E-state index is 12.4. The second-order valence-electron chi connectivity index (χ2n) is 4.21. The van der Waals surface area contributed by atoms with Crippen LogP contribution in [-0.4, -0.2) is 29.1 Å². The van der Waals surface area contributed by atoms with Crippen LogP contribution in [0.15, 0.2) is 24.3 Å². The van der Waals surface area contributed by atoms with Crippen LogP contribution in [0.2, 0.25) is 0 Å². The van der Waals surface area contributed by atoms with E-state index in [0.29, 0.717) is 17.7 Å². The van der Waals surface area contributed by atoms with Gasteiger partial charge in [-0.15, -0.1) is 0 Å². The molecule has 1 rings (SSSR count). The zero-order valence-electron chi connectivity index (χ0n) is 10.9. The smallest absolute Gasteiger partial charge is 0.383 e. The number of aliphatic hydroxyl groups is 1. The molecule has 0 fully saturated rings. The zero-order valence-corrected chi connectivity index (χ0v) is 11.7. The van der Waals surface area contributed by atoms with E-state index in [0.717, 1.165) is 12.1 Å². The van der Waals surface area contributed by atoms with Gasteiger partial charge in [-0.25, -0.2) is 0 Å². The second-order valence-corrected chi connectivity index (χ2v) is 5.20. The number of hydrogen-bond acceptors (Lipinski definition) is 3. The van der Waals surface area contributed by atoms with Gasteiger partial charge >= 0.3 is 6.18 Å². The lowest BCUT2D eigenvalue weighted by atomic mass is 10.1. The minimum absolute atomic E-state index is 0.0906. The van der Waals surface area contributed by atoms with Crippen molar-refractivity contribution in [3.8, 4) is 0 Å². The molecule has 1 aromatic carbocycles. The molecule has 0 heterocycles. The van der Waals surface area contributed by atoms with Crippen LogP contribution in [0.1, 0.15) is 17.5 Å². The Morgan fingerprint density at radius 3 is 2.45 bits per heavy atom. The van der Waals surface area contributed by atoms with Crippen LogP contribution in [0.5, 0.6) is 0 Å². The van der Waals surface area contributed by atoms with E-state index >= 15 is 0 Å². The third-order valence-corrected chi connectivity index (χ3v) is 3.29. The van der Waals surface area contributed by atoms with Gasteiger partial charge in [-0.3, -0.25) is 4.79 Å². The first-order valence-electron chi connectivity index (χ1n) is 5.95.